The number of aliphatic hydroxyl groups excluding tert-OH is 11. The summed E-state index contributed by atoms with van der Waals surface area (Å²) < 4.78 is 35.1. The zero-order valence-electron chi connectivity index (χ0n) is 71.3. The van der Waals surface area contributed by atoms with E-state index in [1.807, 2.05) is 0 Å². The standard InChI is InChI=1S/C90H170N2O21/c1-4-6-8-10-12-14-16-18-20-22-24-26-28-30-31-32-33-34-35-36-37-38-39-40-42-44-46-48-50-52-54-56-58-60-62-64-77(100)92-71(72(97)63-61-59-57-55-53-51-49-47-45-43-41-29-27-25-23-21-19-17-15-13-11-9-7-5-2)69-108-87-82(104)81(103)84(76(68-95)110-87)111-88-83(105)86(80(102)75(67-94)109-88)113-90(89(106)107)65-73(98)78(91-70(3)96)85(112-90)79(101)74(99)66-93/h32-33,71-76,78-88,93-95,97-99,101-105H,4-31,34-69H2,1-3H3,(H,91,96)(H,92,100)(H,106,107)/b33-32-. The summed E-state index contributed by atoms with van der Waals surface area (Å²) >= 11 is 0. The third-order valence-corrected chi connectivity index (χ3v) is 23.7. The zero-order valence-corrected chi connectivity index (χ0v) is 71.3. The molecule has 3 aliphatic heterocycles. The van der Waals surface area contributed by atoms with Crippen LogP contribution in [0.2, 0.25) is 0 Å². The van der Waals surface area contributed by atoms with E-state index in [9.17, 15) is 75.7 Å². The molecule has 0 saturated carbocycles. The molecule has 666 valence electrons. The Morgan fingerprint density at radius 2 is 0.823 bits per heavy atom. The van der Waals surface area contributed by atoms with Gasteiger partial charge >= 0.3 is 5.97 Å². The predicted molar refractivity (Wildman–Crippen MR) is 445 cm³/mol. The lowest BCUT2D eigenvalue weighted by Gasteiger charge is -2.50. The topological polar surface area (TPSA) is 373 Å². The van der Waals surface area contributed by atoms with E-state index in [1.54, 1.807) is 0 Å². The lowest BCUT2D eigenvalue weighted by molar-refractivity contribution is -0.386. The second-order valence-electron chi connectivity index (χ2n) is 33.9. The molecule has 23 nitrogen and oxygen atoms in total. The summed E-state index contributed by atoms with van der Waals surface area (Å²) in [4.78, 5) is 38.8. The van der Waals surface area contributed by atoms with Crippen molar-refractivity contribution in [3.8, 4) is 0 Å². The van der Waals surface area contributed by atoms with Gasteiger partial charge in [-0.1, -0.05) is 360 Å². The number of carboxylic acids is 1. The first-order chi connectivity index (χ1) is 54.9. The van der Waals surface area contributed by atoms with Gasteiger partial charge in [-0.3, -0.25) is 9.59 Å². The molecule has 3 heterocycles. The van der Waals surface area contributed by atoms with Crippen LogP contribution in [0.15, 0.2) is 12.2 Å². The summed E-state index contributed by atoms with van der Waals surface area (Å²) in [5.74, 6) is -6.09. The molecule has 2 amide bonds. The minimum atomic E-state index is -3.08. The number of nitrogens with one attached hydrogen (secondary N) is 2. The SMILES string of the molecule is CCCCCCCCCCCCCCCC/C=C\CCCCCCCCCCCCCCCCCCCC(=O)NC(COC1OC(CO)C(OC2OC(CO)C(O)C(OC3(C(=O)O)CC(O)C(NC(C)=O)C(C(O)C(O)CO)O3)C2O)C(O)C1O)C(O)CCCCCCCCCCCCCCCCCCCCCCCCCC. The normalized spacial score (nSPS) is 25.2. The van der Waals surface area contributed by atoms with E-state index in [4.69, 9.17) is 28.4 Å². The number of rotatable bonds is 76. The fourth-order valence-corrected chi connectivity index (χ4v) is 16.4. The number of carboxylic acid groups (broad SMARTS) is 1. The van der Waals surface area contributed by atoms with Gasteiger partial charge in [-0.2, -0.15) is 0 Å². The summed E-state index contributed by atoms with van der Waals surface area (Å²) in [6, 6.07) is -2.53. The number of hydrogen-bond donors (Lipinski definition) is 14. The van der Waals surface area contributed by atoms with Crippen LogP contribution in [0.25, 0.3) is 0 Å². The summed E-state index contributed by atoms with van der Waals surface area (Å²) in [6.07, 6.45) is 49.4. The van der Waals surface area contributed by atoms with Crippen LogP contribution in [0.3, 0.4) is 0 Å². The highest BCUT2D eigenvalue weighted by Gasteiger charge is 2.60. The first kappa shape index (κ1) is 105. The van der Waals surface area contributed by atoms with Crippen LogP contribution in [-0.4, -0.2) is 215 Å². The number of unbranched alkanes of at least 4 members (excludes halogenated alkanes) is 54. The minimum absolute atomic E-state index is 0.228. The highest BCUT2D eigenvalue weighted by atomic mass is 16.8. The molecule has 14 N–H and O–H groups in total. The van der Waals surface area contributed by atoms with E-state index < -0.39 is 148 Å². The Morgan fingerprint density at radius 3 is 1.19 bits per heavy atom. The van der Waals surface area contributed by atoms with E-state index in [0.29, 0.717) is 19.3 Å². The molecule has 0 spiro atoms. The number of carbonyl (C=O) groups excluding carboxylic acids is 2. The number of allylic oxidation sites excluding steroid dienone is 2. The highest BCUT2D eigenvalue weighted by Crippen LogP contribution is 2.39. The van der Waals surface area contributed by atoms with Gasteiger partial charge in [0.05, 0.1) is 50.7 Å². The zero-order chi connectivity index (χ0) is 82.4. The average molecular weight is 1620 g/mol. The molecule has 0 radical (unpaired) electrons. The van der Waals surface area contributed by atoms with Gasteiger partial charge in [0.15, 0.2) is 12.6 Å². The largest absolute Gasteiger partial charge is 0.477 e. The molecule has 0 aliphatic carbocycles. The van der Waals surface area contributed by atoms with Crippen molar-refractivity contribution in [2.24, 2.45) is 0 Å². The number of ether oxygens (including phenoxy) is 6. The molecule has 3 saturated heterocycles. The Balaban J connectivity index is 1.42. The van der Waals surface area contributed by atoms with Crippen molar-refractivity contribution >= 4 is 17.8 Å². The fraction of sp³-hybridized carbons (Fsp3) is 0.944. The summed E-state index contributed by atoms with van der Waals surface area (Å²) in [5.41, 5.74) is 0. The summed E-state index contributed by atoms with van der Waals surface area (Å²) in [5, 5.41) is 137. The third-order valence-electron chi connectivity index (χ3n) is 23.7. The van der Waals surface area contributed by atoms with Crippen molar-refractivity contribution < 1.29 is 104 Å². The van der Waals surface area contributed by atoms with Gasteiger partial charge < -0.3 is 100 Å². The van der Waals surface area contributed by atoms with Crippen LogP contribution in [-0.2, 0) is 42.8 Å². The fourth-order valence-electron chi connectivity index (χ4n) is 16.4. The average Bonchev–Trinajstić information content (AvgIpc) is 0.752. The lowest BCUT2D eigenvalue weighted by Crippen LogP contribution is -2.70. The monoisotopic (exact) mass is 1620 g/mol. The molecule has 23 heteroatoms. The molecule has 3 aliphatic rings. The van der Waals surface area contributed by atoms with Crippen molar-refractivity contribution in [3.63, 3.8) is 0 Å². The van der Waals surface area contributed by atoms with Crippen LogP contribution in [0, 0.1) is 0 Å². The molecule has 113 heavy (non-hydrogen) atoms. The van der Waals surface area contributed by atoms with Gasteiger partial charge in [0, 0.05) is 19.8 Å². The first-order valence-electron chi connectivity index (χ1n) is 46.5. The number of amides is 2. The van der Waals surface area contributed by atoms with Gasteiger partial charge in [-0.05, 0) is 38.5 Å². The maximum atomic E-state index is 13.6. The number of aliphatic hydroxyl groups is 11. The van der Waals surface area contributed by atoms with E-state index in [0.717, 1.165) is 58.3 Å². The van der Waals surface area contributed by atoms with Crippen molar-refractivity contribution in [3.05, 3.63) is 12.2 Å². The van der Waals surface area contributed by atoms with Crippen LogP contribution in [0.5, 0.6) is 0 Å². The van der Waals surface area contributed by atoms with Crippen LogP contribution >= 0.6 is 0 Å². The molecule has 0 aromatic rings. The maximum Gasteiger partial charge on any atom is 0.364 e. The lowest BCUT2D eigenvalue weighted by atomic mass is 9.88. The molecule has 0 aromatic carbocycles. The maximum absolute atomic E-state index is 13.6. The molecule has 18 unspecified atom stereocenters. The summed E-state index contributed by atoms with van der Waals surface area (Å²) in [6.45, 7) is 2.29. The van der Waals surface area contributed by atoms with Crippen molar-refractivity contribution in [2.75, 3.05) is 26.4 Å². The third kappa shape index (κ3) is 46.7. The highest BCUT2D eigenvalue weighted by molar-refractivity contribution is 5.77. The van der Waals surface area contributed by atoms with Gasteiger partial charge in [0.2, 0.25) is 11.8 Å². The smallest absolute Gasteiger partial charge is 0.364 e. The second kappa shape index (κ2) is 68.2. The Morgan fingerprint density at radius 1 is 0.451 bits per heavy atom. The van der Waals surface area contributed by atoms with Crippen LogP contribution < -0.4 is 10.6 Å². The van der Waals surface area contributed by atoms with E-state index >= 15 is 0 Å². The molecular weight excluding hydrogens is 1440 g/mol. The Kier molecular flexibility index (Phi) is 63.1. The van der Waals surface area contributed by atoms with E-state index in [-0.39, 0.29) is 18.9 Å². The van der Waals surface area contributed by atoms with Gasteiger partial charge in [-0.25, -0.2) is 4.79 Å². The molecule has 3 fully saturated rings. The molecule has 18 atom stereocenters. The van der Waals surface area contributed by atoms with Gasteiger partial charge in [-0.15, -0.1) is 0 Å². The van der Waals surface area contributed by atoms with Crippen molar-refractivity contribution in [2.45, 2.75) is 516 Å². The van der Waals surface area contributed by atoms with Crippen LogP contribution in [0.1, 0.15) is 406 Å². The molecule has 3 rings (SSSR count). The minimum Gasteiger partial charge on any atom is -0.477 e. The van der Waals surface area contributed by atoms with Crippen LogP contribution in [0.4, 0.5) is 0 Å². The molecular formula is C90H170N2O21. The Labute approximate surface area is 683 Å². The van der Waals surface area contributed by atoms with Crippen molar-refractivity contribution in [1.29, 1.82) is 0 Å². The van der Waals surface area contributed by atoms with Gasteiger partial charge in [0.25, 0.3) is 5.79 Å². The van der Waals surface area contributed by atoms with Crippen molar-refractivity contribution in [1.82, 2.24) is 10.6 Å². The molecule has 0 aromatic heterocycles. The number of aliphatic carboxylic acids is 1. The number of hydrogen-bond acceptors (Lipinski definition) is 20. The number of carbonyl (C=O) groups is 3. The Hall–Kier alpha value is -2.53. The first-order valence-corrected chi connectivity index (χ1v) is 46.5. The Bertz CT molecular complexity index is 2280. The summed E-state index contributed by atoms with van der Waals surface area (Å²) in [7, 11) is 0. The van der Waals surface area contributed by atoms with E-state index in [2.05, 4.69) is 36.6 Å². The quantitative estimate of drug-likeness (QED) is 0.0199. The van der Waals surface area contributed by atoms with Gasteiger partial charge in [0.1, 0.15) is 67.1 Å². The second-order valence-corrected chi connectivity index (χ2v) is 33.9. The predicted octanol–water partition coefficient (Wildman–Crippen LogP) is 15.3. The van der Waals surface area contributed by atoms with E-state index in [1.165, 1.54) is 302 Å². The molecule has 0 bridgehead atoms.